The van der Waals surface area contributed by atoms with Crippen LogP contribution in [0.25, 0.3) is 0 Å². The molecule has 1 N–H and O–H groups in total. The predicted molar refractivity (Wildman–Crippen MR) is 60.9 cm³/mol. The lowest BCUT2D eigenvalue weighted by molar-refractivity contribution is 0.756. The first kappa shape index (κ1) is 9.72. The van der Waals surface area contributed by atoms with Gasteiger partial charge in [0.15, 0.2) is 0 Å². The zero-order valence-electron chi connectivity index (χ0n) is 9.35. The molecule has 0 spiro atoms. The van der Waals surface area contributed by atoms with Crippen LogP contribution in [0.4, 0.5) is 0 Å². The quantitative estimate of drug-likeness (QED) is 0.716. The lowest BCUT2D eigenvalue weighted by atomic mass is 9.91. The Morgan fingerprint density at radius 1 is 1.07 bits per heavy atom. The first-order valence-electron chi connectivity index (χ1n) is 5.47. The first-order valence-corrected chi connectivity index (χ1v) is 5.47. The number of aryl methyl sites for hydroxylation is 3. The van der Waals surface area contributed by atoms with E-state index in [1.807, 2.05) is 0 Å². The van der Waals surface area contributed by atoms with Crippen molar-refractivity contribution in [2.75, 3.05) is 13.1 Å². The number of rotatable bonds is 1. The highest BCUT2D eigenvalue weighted by Crippen LogP contribution is 2.27. The molecular weight excluding hydrogens is 170 g/mol. The van der Waals surface area contributed by atoms with E-state index in [1.165, 1.54) is 29.7 Å². The van der Waals surface area contributed by atoms with E-state index in [-0.39, 0.29) is 0 Å². The molecule has 14 heavy (non-hydrogen) atoms. The van der Waals surface area contributed by atoms with Gasteiger partial charge in [-0.05, 0) is 61.9 Å². The van der Waals surface area contributed by atoms with E-state index in [0.717, 1.165) is 12.5 Å². The van der Waals surface area contributed by atoms with Crippen LogP contribution in [0.1, 0.15) is 34.6 Å². The largest absolute Gasteiger partial charge is 0.316 e. The molecule has 1 saturated heterocycles. The number of benzene rings is 1. The minimum atomic E-state index is 0.745. The third-order valence-corrected chi connectivity index (χ3v) is 3.38. The van der Waals surface area contributed by atoms with Crippen LogP contribution in [0.5, 0.6) is 0 Å². The lowest BCUT2D eigenvalue weighted by Gasteiger charge is -2.14. The normalized spacial score (nSPS) is 21.5. The molecule has 2 rings (SSSR count). The average Bonchev–Trinajstić information content (AvgIpc) is 2.64. The molecule has 1 aromatic rings. The SMILES string of the molecule is Cc1cc(C)c(C2CCNC2)cc1C. The van der Waals surface area contributed by atoms with E-state index in [4.69, 9.17) is 0 Å². The fourth-order valence-electron chi connectivity index (χ4n) is 2.34. The molecular formula is C13H19N. The summed E-state index contributed by atoms with van der Waals surface area (Å²) >= 11 is 0. The van der Waals surface area contributed by atoms with Crippen molar-refractivity contribution in [1.29, 1.82) is 0 Å². The molecule has 0 amide bonds. The van der Waals surface area contributed by atoms with Gasteiger partial charge in [0.2, 0.25) is 0 Å². The smallest absolute Gasteiger partial charge is 0.00207 e. The van der Waals surface area contributed by atoms with Crippen molar-refractivity contribution >= 4 is 0 Å². The van der Waals surface area contributed by atoms with Crippen LogP contribution in [0.2, 0.25) is 0 Å². The Kier molecular flexibility index (Phi) is 2.60. The van der Waals surface area contributed by atoms with Gasteiger partial charge in [0, 0.05) is 6.54 Å². The summed E-state index contributed by atoms with van der Waals surface area (Å²) in [4.78, 5) is 0. The van der Waals surface area contributed by atoms with Crippen LogP contribution >= 0.6 is 0 Å². The van der Waals surface area contributed by atoms with Gasteiger partial charge in [0.25, 0.3) is 0 Å². The standard InChI is InChI=1S/C13H19N/c1-9-6-11(3)13(7-10(9)2)12-4-5-14-8-12/h6-7,12,14H,4-5,8H2,1-3H3. The molecule has 1 heterocycles. The third kappa shape index (κ3) is 1.69. The molecule has 0 saturated carbocycles. The summed E-state index contributed by atoms with van der Waals surface area (Å²) in [6.07, 6.45) is 1.29. The molecule has 1 unspecified atom stereocenters. The van der Waals surface area contributed by atoms with Gasteiger partial charge in [-0.25, -0.2) is 0 Å². The Morgan fingerprint density at radius 2 is 1.79 bits per heavy atom. The van der Waals surface area contributed by atoms with Crippen molar-refractivity contribution in [2.45, 2.75) is 33.1 Å². The summed E-state index contributed by atoms with van der Waals surface area (Å²) < 4.78 is 0. The van der Waals surface area contributed by atoms with E-state index in [0.29, 0.717) is 0 Å². The van der Waals surface area contributed by atoms with E-state index in [9.17, 15) is 0 Å². The topological polar surface area (TPSA) is 12.0 Å². The van der Waals surface area contributed by atoms with Crippen molar-refractivity contribution in [3.63, 3.8) is 0 Å². The summed E-state index contributed by atoms with van der Waals surface area (Å²) in [6.45, 7) is 8.97. The van der Waals surface area contributed by atoms with Gasteiger partial charge in [-0.3, -0.25) is 0 Å². The molecule has 0 aliphatic carbocycles. The van der Waals surface area contributed by atoms with Crippen LogP contribution in [0, 0.1) is 20.8 Å². The van der Waals surface area contributed by atoms with Gasteiger partial charge in [-0.2, -0.15) is 0 Å². The van der Waals surface area contributed by atoms with E-state index >= 15 is 0 Å². The molecule has 1 aromatic carbocycles. The highest BCUT2D eigenvalue weighted by atomic mass is 14.9. The lowest BCUT2D eigenvalue weighted by Crippen LogP contribution is -2.09. The zero-order chi connectivity index (χ0) is 10.1. The highest BCUT2D eigenvalue weighted by Gasteiger charge is 2.18. The van der Waals surface area contributed by atoms with Crippen LogP contribution in [0.15, 0.2) is 12.1 Å². The van der Waals surface area contributed by atoms with Gasteiger partial charge < -0.3 is 5.32 Å². The number of nitrogens with one attached hydrogen (secondary N) is 1. The number of hydrogen-bond donors (Lipinski definition) is 1. The highest BCUT2D eigenvalue weighted by molar-refractivity contribution is 5.39. The Hall–Kier alpha value is -0.820. The second-order valence-electron chi connectivity index (χ2n) is 4.48. The van der Waals surface area contributed by atoms with E-state index < -0.39 is 0 Å². The zero-order valence-corrected chi connectivity index (χ0v) is 9.35. The first-order chi connectivity index (χ1) is 6.68. The maximum atomic E-state index is 3.43. The maximum Gasteiger partial charge on any atom is 0.00207 e. The summed E-state index contributed by atoms with van der Waals surface area (Å²) in [5, 5.41) is 3.43. The molecule has 1 fully saturated rings. The van der Waals surface area contributed by atoms with Gasteiger partial charge in [-0.15, -0.1) is 0 Å². The second kappa shape index (κ2) is 3.74. The molecule has 1 nitrogen and oxygen atoms in total. The molecule has 0 bridgehead atoms. The van der Waals surface area contributed by atoms with Crippen LogP contribution in [-0.2, 0) is 0 Å². The second-order valence-corrected chi connectivity index (χ2v) is 4.48. The maximum absolute atomic E-state index is 3.43. The molecule has 0 radical (unpaired) electrons. The van der Waals surface area contributed by atoms with Gasteiger partial charge in [-0.1, -0.05) is 12.1 Å². The molecule has 1 heteroatoms. The number of hydrogen-bond acceptors (Lipinski definition) is 1. The fraction of sp³-hybridized carbons (Fsp3) is 0.538. The third-order valence-electron chi connectivity index (χ3n) is 3.38. The minimum Gasteiger partial charge on any atom is -0.316 e. The van der Waals surface area contributed by atoms with Gasteiger partial charge in [0.1, 0.15) is 0 Å². The predicted octanol–water partition coefficient (Wildman–Crippen LogP) is 2.69. The molecule has 1 atom stereocenters. The average molecular weight is 189 g/mol. The Balaban J connectivity index is 2.37. The molecule has 0 aromatic heterocycles. The van der Waals surface area contributed by atoms with Crippen molar-refractivity contribution in [1.82, 2.24) is 5.32 Å². The van der Waals surface area contributed by atoms with Gasteiger partial charge in [0.05, 0.1) is 0 Å². The summed E-state index contributed by atoms with van der Waals surface area (Å²) in [7, 11) is 0. The Labute approximate surface area is 86.5 Å². The van der Waals surface area contributed by atoms with Crippen molar-refractivity contribution in [3.8, 4) is 0 Å². The van der Waals surface area contributed by atoms with E-state index in [1.54, 1.807) is 5.56 Å². The Morgan fingerprint density at radius 3 is 2.43 bits per heavy atom. The fourth-order valence-corrected chi connectivity index (χ4v) is 2.34. The molecule has 76 valence electrons. The summed E-state index contributed by atoms with van der Waals surface area (Å²) in [5.41, 5.74) is 5.86. The summed E-state index contributed by atoms with van der Waals surface area (Å²) in [6, 6.07) is 4.70. The molecule has 1 aliphatic heterocycles. The van der Waals surface area contributed by atoms with Crippen LogP contribution in [0.3, 0.4) is 0 Å². The van der Waals surface area contributed by atoms with Crippen molar-refractivity contribution in [3.05, 3.63) is 34.4 Å². The van der Waals surface area contributed by atoms with E-state index in [2.05, 4.69) is 38.2 Å². The van der Waals surface area contributed by atoms with Crippen LogP contribution in [-0.4, -0.2) is 13.1 Å². The van der Waals surface area contributed by atoms with Crippen LogP contribution < -0.4 is 5.32 Å². The van der Waals surface area contributed by atoms with Crippen molar-refractivity contribution in [2.24, 2.45) is 0 Å². The molecule has 1 aliphatic rings. The Bertz CT molecular complexity index is 335. The van der Waals surface area contributed by atoms with Crippen molar-refractivity contribution < 1.29 is 0 Å². The monoisotopic (exact) mass is 189 g/mol. The van der Waals surface area contributed by atoms with Gasteiger partial charge >= 0.3 is 0 Å². The minimum absolute atomic E-state index is 0.745. The summed E-state index contributed by atoms with van der Waals surface area (Å²) in [5.74, 6) is 0.745.